The van der Waals surface area contributed by atoms with Gasteiger partial charge in [-0.25, -0.2) is 4.79 Å². The molecule has 150 valence electrons. The van der Waals surface area contributed by atoms with E-state index >= 15 is 0 Å². The van der Waals surface area contributed by atoms with Crippen LogP contribution in [0.2, 0.25) is 0 Å². The van der Waals surface area contributed by atoms with Crippen LogP contribution in [-0.4, -0.2) is 65.2 Å². The van der Waals surface area contributed by atoms with Crippen LogP contribution >= 0.6 is 0 Å². The van der Waals surface area contributed by atoms with Crippen LogP contribution in [0.1, 0.15) is 50.2 Å². The van der Waals surface area contributed by atoms with Crippen LogP contribution in [0, 0.1) is 11.8 Å². The minimum absolute atomic E-state index is 0.0216. The summed E-state index contributed by atoms with van der Waals surface area (Å²) >= 11 is 0. The topological polar surface area (TPSA) is 72.9 Å². The number of rotatable bonds is 5. The van der Waals surface area contributed by atoms with Gasteiger partial charge in [0.25, 0.3) is 0 Å². The molecule has 0 radical (unpaired) electrons. The van der Waals surface area contributed by atoms with E-state index in [1.807, 2.05) is 31.2 Å². The molecule has 6 nitrogen and oxygen atoms in total. The van der Waals surface area contributed by atoms with Crippen LogP contribution in [-0.2, 0) is 4.79 Å². The number of benzene rings is 1. The highest BCUT2D eigenvalue weighted by Gasteiger charge is 2.54. The number of carbonyl (C=O) groups excluding carboxylic acids is 2. The molecule has 3 amide bonds. The Bertz CT molecular complexity index is 765. The zero-order chi connectivity index (χ0) is 20.1. The molecule has 0 spiro atoms. The fraction of sp³-hybridized carbons (Fsp3) is 0.545. The summed E-state index contributed by atoms with van der Waals surface area (Å²) in [5.41, 5.74) is 2.04. The van der Waals surface area contributed by atoms with Gasteiger partial charge in [-0.15, -0.1) is 0 Å². The summed E-state index contributed by atoms with van der Waals surface area (Å²) in [6.07, 6.45) is 2.77. The van der Waals surface area contributed by atoms with Gasteiger partial charge < -0.3 is 20.2 Å². The molecular weight excluding hydrogens is 354 g/mol. The van der Waals surface area contributed by atoms with Crippen LogP contribution in [0.5, 0.6) is 0 Å². The average molecular weight is 383 g/mol. The van der Waals surface area contributed by atoms with Crippen LogP contribution < -0.4 is 5.32 Å². The van der Waals surface area contributed by atoms with Crippen LogP contribution in [0.4, 0.5) is 4.79 Å². The first kappa shape index (κ1) is 20.2. The van der Waals surface area contributed by atoms with Crippen molar-refractivity contribution in [1.29, 1.82) is 0 Å². The maximum Gasteiger partial charge on any atom is 0.317 e. The Labute approximate surface area is 166 Å². The molecular formula is C22H29N3O3. The molecule has 6 heteroatoms. The third-order valence-electron chi connectivity index (χ3n) is 5.47. The van der Waals surface area contributed by atoms with Gasteiger partial charge in [0.05, 0.1) is 18.7 Å². The van der Waals surface area contributed by atoms with Gasteiger partial charge in [-0.1, -0.05) is 37.8 Å². The molecule has 3 rings (SSSR count). The predicted molar refractivity (Wildman–Crippen MR) is 108 cm³/mol. The highest BCUT2D eigenvalue weighted by molar-refractivity contribution is 5.87. The normalized spacial score (nSPS) is 23.4. The highest BCUT2D eigenvalue weighted by atomic mass is 16.3. The number of hydrogen-bond donors (Lipinski definition) is 2. The molecule has 0 unspecified atom stereocenters. The second-order valence-corrected chi connectivity index (χ2v) is 7.43. The van der Waals surface area contributed by atoms with Crippen molar-refractivity contribution in [2.75, 3.05) is 26.2 Å². The molecule has 2 heterocycles. The van der Waals surface area contributed by atoms with Gasteiger partial charge in [-0.3, -0.25) is 4.79 Å². The molecule has 2 N–H and O–H groups in total. The van der Waals surface area contributed by atoms with Gasteiger partial charge in [0.2, 0.25) is 5.91 Å². The maximum absolute atomic E-state index is 12.6. The molecule has 1 aromatic rings. The molecule has 0 aliphatic carbocycles. The SMILES string of the molecule is CCCC#Cc1ccc([C@H]2[C@@H](CO)N3C(=O)CN(C(=O)NCCC)C[C@@H]23)cc1. The highest BCUT2D eigenvalue weighted by Crippen LogP contribution is 2.42. The first-order chi connectivity index (χ1) is 13.6. The Kier molecular flexibility index (Phi) is 6.58. The van der Waals surface area contributed by atoms with Crippen molar-refractivity contribution in [3.63, 3.8) is 0 Å². The van der Waals surface area contributed by atoms with Gasteiger partial charge in [0.15, 0.2) is 0 Å². The van der Waals surface area contributed by atoms with E-state index in [1.54, 1.807) is 9.80 Å². The van der Waals surface area contributed by atoms with Crippen molar-refractivity contribution in [3.05, 3.63) is 35.4 Å². The van der Waals surface area contributed by atoms with E-state index in [1.165, 1.54) is 0 Å². The number of aliphatic hydroxyl groups is 1. The Hall–Kier alpha value is -2.52. The predicted octanol–water partition coefficient (Wildman–Crippen LogP) is 1.93. The lowest BCUT2D eigenvalue weighted by Gasteiger charge is -2.58. The Morgan fingerprint density at radius 3 is 2.64 bits per heavy atom. The summed E-state index contributed by atoms with van der Waals surface area (Å²) < 4.78 is 0. The maximum atomic E-state index is 12.6. The number of aliphatic hydroxyl groups excluding tert-OH is 1. The molecule has 2 aliphatic rings. The Balaban J connectivity index is 1.75. The fourth-order valence-electron chi connectivity index (χ4n) is 4.08. The number of urea groups is 1. The zero-order valence-electron chi connectivity index (χ0n) is 16.6. The lowest BCUT2D eigenvalue weighted by molar-refractivity contribution is -0.159. The summed E-state index contributed by atoms with van der Waals surface area (Å²) in [5.74, 6) is 6.22. The quantitative estimate of drug-likeness (QED) is 0.763. The minimum atomic E-state index is -0.227. The summed E-state index contributed by atoms with van der Waals surface area (Å²) in [7, 11) is 0. The fourth-order valence-corrected chi connectivity index (χ4v) is 4.08. The summed E-state index contributed by atoms with van der Waals surface area (Å²) in [6.45, 7) is 5.18. The second-order valence-electron chi connectivity index (χ2n) is 7.43. The number of hydrogen-bond acceptors (Lipinski definition) is 3. The molecule has 1 aromatic carbocycles. The van der Waals surface area contributed by atoms with E-state index in [4.69, 9.17) is 0 Å². The molecule has 0 bridgehead atoms. The standard InChI is InChI=1S/C22H29N3O3/c1-3-5-6-7-16-8-10-17(11-9-16)21-18-13-24(22(28)23-12-4-2)14-20(27)25(18)19(21)15-26/h8-11,18-19,21,26H,3-5,12-15H2,1-2H3,(H,23,28)/t18-,19+,21+/m0/s1. The molecule has 3 atom stereocenters. The smallest absolute Gasteiger partial charge is 0.317 e. The van der Waals surface area contributed by atoms with E-state index in [9.17, 15) is 14.7 Å². The third-order valence-corrected chi connectivity index (χ3v) is 5.47. The zero-order valence-corrected chi connectivity index (χ0v) is 16.6. The van der Waals surface area contributed by atoms with Crippen molar-refractivity contribution < 1.29 is 14.7 Å². The van der Waals surface area contributed by atoms with E-state index in [0.717, 1.165) is 30.4 Å². The Morgan fingerprint density at radius 2 is 2.00 bits per heavy atom. The Morgan fingerprint density at radius 1 is 1.25 bits per heavy atom. The third kappa shape index (κ3) is 4.00. The molecule has 0 saturated carbocycles. The lowest BCUT2D eigenvalue weighted by atomic mass is 9.73. The van der Waals surface area contributed by atoms with E-state index in [0.29, 0.717) is 13.1 Å². The number of unbranched alkanes of at least 4 members (excludes halogenated alkanes) is 1. The number of piperazine rings is 1. The van der Waals surface area contributed by atoms with Crippen LogP contribution in [0.25, 0.3) is 0 Å². The lowest BCUT2D eigenvalue weighted by Crippen LogP contribution is -2.73. The van der Waals surface area contributed by atoms with Crippen molar-refractivity contribution in [2.24, 2.45) is 0 Å². The molecule has 2 saturated heterocycles. The van der Waals surface area contributed by atoms with Crippen molar-refractivity contribution in [2.45, 2.75) is 51.1 Å². The summed E-state index contributed by atoms with van der Waals surface area (Å²) in [5, 5.41) is 12.7. The average Bonchev–Trinajstić information content (AvgIpc) is 2.69. The van der Waals surface area contributed by atoms with Crippen molar-refractivity contribution in [3.8, 4) is 11.8 Å². The van der Waals surface area contributed by atoms with Crippen LogP contribution in [0.15, 0.2) is 24.3 Å². The minimum Gasteiger partial charge on any atom is -0.394 e. The number of carbonyl (C=O) groups is 2. The van der Waals surface area contributed by atoms with Gasteiger partial charge in [-0.2, -0.15) is 0 Å². The molecule has 2 aliphatic heterocycles. The van der Waals surface area contributed by atoms with Gasteiger partial charge in [0.1, 0.15) is 6.54 Å². The monoisotopic (exact) mass is 383 g/mol. The largest absolute Gasteiger partial charge is 0.394 e. The van der Waals surface area contributed by atoms with Gasteiger partial charge in [0, 0.05) is 31.0 Å². The molecule has 28 heavy (non-hydrogen) atoms. The first-order valence-electron chi connectivity index (χ1n) is 10.1. The van der Waals surface area contributed by atoms with E-state index in [-0.39, 0.29) is 43.1 Å². The second kappa shape index (κ2) is 9.11. The van der Waals surface area contributed by atoms with Gasteiger partial charge in [-0.05, 0) is 30.5 Å². The van der Waals surface area contributed by atoms with Crippen LogP contribution in [0.3, 0.4) is 0 Å². The summed E-state index contributed by atoms with van der Waals surface area (Å²) in [4.78, 5) is 28.2. The van der Waals surface area contributed by atoms with Crippen molar-refractivity contribution >= 4 is 11.9 Å². The van der Waals surface area contributed by atoms with Gasteiger partial charge >= 0.3 is 6.03 Å². The first-order valence-corrected chi connectivity index (χ1v) is 10.1. The van der Waals surface area contributed by atoms with E-state index in [2.05, 4.69) is 24.1 Å². The summed E-state index contributed by atoms with van der Waals surface area (Å²) in [6, 6.07) is 7.53. The number of fused-ring (bicyclic) bond motifs is 1. The number of nitrogens with one attached hydrogen (secondary N) is 1. The number of amides is 3. The molecule has 2 fully saturated rings. The van der Waals surface area contributed by atoms with Crippen molar-refractivity contribution in [1.82, 2.24) is 15.1 Å². The van der Waals surface area contributed by atoms with E-state index < -0.39 is 0 Å². The molecule has 0 aromatic heterocycles. The number of nitrogens with zero attached hydrogens (tertiary/aromatic N) is 2.